The molecule has 2 heterocycles. The number of nitrogens with zero attached hydrogens (tertiary/aromatic N) is 2. The molecule has 1 unspecified atom stereocenters. The van der Waals surface area contributed by atoms with E-state index in [0.717, 1.165) is 6.42 Å². The fourth-order valence-electron chi connectivity index (χ4n) is 1.99. The molecule has 1 saturated heterocycles. The summed E-state index contributed by atoms with van der Waals surface area (Å²) < 4.78 is 23.3. The lowest BCUT2D eigenvalue weighted by Gasteiger charge is -2.12. The van der Waals surface area contributed by atoms with E-state index < -0.39 is 9.84 Å². The Bertz CT molecular complexity index is 531. The maximum Gasteiger partial charge on any atom is 0.223 e. The van der Waals surface area contributed by atoms with Gasteiger partial charge in [0.25, 0.3) is 0 Å². The Morgan fingerprint density at radius 3 is 2.78 bits per heavy atom. The van der Waals surface area contributed by atoms with E-state index in [2.05, 4.69) is 20.6 Å². The summed E-state index contributed by atoms with van der Waals surface area (Å²) in [6.45, 7) is 0.363. The fraction of sp³-hybridized carbons (Fsp3) is 0.600. The van der Waals surface area contributed by atoms with Crippen LogP contribution in [0.4, 0.5) is 17.6 Å². The molecule has 1 aliphatic rings. The summed E-state index contributed by atoms with van der Waals surface area (Å²) in [6.07, 6.45) is 1.44. The van der Waals surface area contributed by atoms with E-state index >= 15 is 0 Å². The van der Waals surface area contributed by atoms with E-state index in [-0.39, 0.29) is 17.0 Å². The molecule has 1 aromatic rings. The van der Waals surface area contributed by atoms with Crippen LogP contribution in [0.3, 0.4) is 0 Å². The van der Waals surface area contributed by atoms with Gasteiger partial charge in [0.15, 0.2) is 9.84 Å². The number of hydrogen-bond donors (Lipinski definition) is 3. The maximum absolute atomic E-state index is 11.7. The molecule has 4 N–H and O–H groups in total. The van der Waals surface area contributed by atoms with Crippen molar-refractivity contribution in [3.63, 3.8) is 0 Å². The number of nitrogens with one attached hydrogen (secondary N) is 2. The summed E-state index contributed by atoms with van der Waals surface area (Å²) >= 11 is 0. The van der Waals surface area contributed by atoms with Crippen molar-refractivity contribution in [2.24, 2.45) is 0 Å². The predicted molar refractivity (Wildman–Crippen MR) is 71.3 cm³/mol. The Morgan fingerprint density at radius 2 is 2.17 bits per heavy atom. The summed E-state index contributed by atoms with van der Waals surface area (Å²) in [5.41, 5.74) is 5.55. The summed E-state index contributed by atoms with van der Waals surface area (Å²) in [6, 6.07) is 1.69. The Labute approximate surface area is 106 Å². The Morgan fingerprint density at radius 1 is 1.44 bits per heavy atom. The van der Waals surface area contributed by atoms with Crippen molar-refractivity contribution in [3.8, 4) is 0 Å². The van der Waals surface area contributed by atoms with Crippen molar-refractivity contribution < 1.29 is 8.42 Å². The third-order valence-electron chi connectivity index (χ3n) is 2.97. The molecule has 0 amide bonds. The molecule has 2 rings (SSSR count). The van der Waals surface area contributed by atoms with Gasteiger partial charge in [0.05, 0.1) is 11.0 Å². The van der Waals surface area contributed by atoms with E-state index in [1.165, 1.54) is 0 Å². The molecule has 0 aliphatic carbocycles. The highest BCUT2D eigenvalue weighted by Crippen LogP contribution is 2.20. The van der Waals surface area contributed by atoms with E-state index in [0.29, 0.717) is 24.6 Å². The smallest absolute Gasteiger partial charge is 0.223 e. The average Bonchev–Trinajstić information content (AvgIpc) is 2.65. The highest BCUT2D eigenvalue weighted by molar-refractivity contribution is 7.92. The molecule has 0 spiro atoms. The van der Waals surface area contributed by atoms with Crippen molar-refractivity contribution in [2.45, 2.75) is 18.1 Å². The molecule has 100 valence electrons. The minimum Gasteiger partial charge on any atom is -0.373 e. The minimum atomic E-state index is -2.94. The molecular weight excluding hydrogens is 254 g/mol. The van der Waals surface area contributed by atoms with Crippen LogP contribution in [0.15, 0.2) is 6.07 Å². The maximum atomic E-state index is 11.7. The molecule has 18 heavy (non-hydrogen) atoms. The zero-order valence-corrected chi connectivity index (χ0v) is 11.0. The van der Waals surface area contributed by atoms with E-state index in [1.54, 1.807) is 13.1 Å². The van der Waals surface area contributed by atoms with Crippen LogP contribution in [0.25, 0.3) is 0 Å². The van der Waals surface area contributed by atoms with Gasteiger partial charge in [-0.05, 0) is 12.8 Å². The summed E-state index contributed by atoms with van der Waals surface area (Å²) in [7, 11) is -1.21. The van der Waals surface area contributed by atoms with Crippen LogP contribution >= 0.6 is 0 Å². The molecule has 1 aliphatic heterocycles. The molecular formula is C10H17N5O2S. The number of anilines is 3. The second kappa shape index (κ2) is 4.97. The second-order valence-electron chi connectivity index (χ2n) is 4.26. The van der Waals surface area contributed by atoms with Crippen LogP contribution in [-0.4, -0.2) is 43.0 Å². The lowest BCUT2D eigenvalue weighted by molar-refractivity contribution is 0.591. The SMILES string of the molecule is CNc1cc(NCC2CCCS2(=O)=O)nc(N)n1. The van der Waals surface area contributed by atoms with Crippen molar-refractivity contribution >= 4 is 27.4 Å². The van der Waals surface area contributed by atoms with Crippen molar-refractivity contribution in [2.75, 3.05) is 35.7 Å². The zero-order chi connectivity index (χ0) is 13.2. The molecule has 1 aromatic heterocycles. The number of rotatable bonds is 4. The van der Waals surface area contributed by atoms with Gasteiger partial charge in [-0.3, -0.25) is 0 Å². The Balaban J connectivity index is 2.04. The minimum absolute atomic E-state index is 0.152. The van der Waals surface area contributed by atoms with Gasteiger partial charge in [0.1, 0.15) is 11.6 Å². The molecule has 1 atom stereocenters. The lowest BCUT2D eigenvalue weighted by atomic mass is 10.2. The first-order chi connectivity index (χ1) is 8.51. The highest BCUT2D eigenvalue weighted by atomic mass is 32.2. The average molecular weight is 271 g/mol. The van der Waals surface area contributed by atoms with Gasteiger partial charge in [0.2, 0.25) is 5.95 Å². The van der Waals surface area contributed by atoms with Crippen LogP contribution in [0.2, 0.25) is 0 Å². The topological polar surface area (TPSA) is 110 Å². The monoisotopic (exact) mass is 271 g/mol. The number of hydrogen-bond acceptors (Lipinski definition) is 7. The van der Waals surface area contributed by atoms with Crippen LogP contribution in [0.1, 0.15) is 12.8 Å². The zero-order valence-electron chi connectivity index (χ0n) is 10.2. The van der Waals surface area contributed by atoms with Crippen LogP contribution in [0, 0.1) is 0 Å². The van der Waals surface area contributed by atoms with Gasteiger partial charge in [-0.25, -0.2) is 8.42 Å². The van der Waals surface area contributed by atoms with Gasteiger partial charge < -0.3 is 16.4 Å². The standard InChI is InChI=1S/C10H17N5O2S/c1-12-8-5-9(15-10(11)14-8)13-6-7-3-2-4-18(7,16)17/h5,7H,2-4,6H2,1H3,(H4,11,12,13,14,15). The molecule has 7 nitrogen and oxygen atoms in total. The first kappa shape index (κ1) is 12.9. The van der Waals surface area contributed by atoms with E-state index in [9.17, 15) is 8.42 Å². The van der Waals surface area contributed by atoms with Gasteiger partial charge in [-0.2, -0.15) is 9.97 Å². The first-order valence-electron chi connectivity index (χ1n) is 5.79. The number of nitrogen functional groups attached to an aromatic ring is 1. The van der Waals surface area contributed by atoms with Gasteiger partial charge >= 0.3 is 0 Å². The molecule has 0 saturated carbocycles. The third-order valence-corrected chi connectivity index (χ3v) is 5.25. The molecule has 0 bridgehead atoms. The molecule has 0 aromatic carbocycles. The normalized spacial score (nSPS) is 21.7. The Hall–Kier alpha value is -1.57. The summed E-state index contributed by atoms with van der Waals surface area (Å²) in [5.74, 6) is 1.57. The van der Waals surface area contributed by atoms with Gasteiger partial charge in [0, 0.05) is 19.7 Å². The third kappa shape index (κ3) is 2.81. The van der Waals surface area contributed by atoms with Crippen LogP contribution < -0.4 is 16.4 Å². The molecule has 0 radical (unpaired) electrons. The van der Waals surface area contributed by atoms with E-state index in [1.807, 2.05) is 0 Å². The highest BCUT2D eigenvalue weighted by Gasteiger charge is 2.30. The van der Waals surface area contributed by atoms with E-state index in [4.69, 9.17) is 5.73 Å². The Kier molecular flexibility index (Phi) is 3.55. The predicted octanol–water partition coefficient (Wildman–Crippen LogP) is 0.0896. The van der Waals surface area contributed by atoms with Crippen LogP contribution in [-0.2, 0) is 9.84 Å². The lowest BCUT2D eigenvalue weighted by Crippen LogP contribution is -2.25. The fourth-order valence-corrected chi connectivity index (χ4v) is 3.76. The quantitative estimate of drug-likeness (QED) is 0.711. The number of aromatic nitrogens is 2. The van der Waals surface area contributed by atoms with Crippen molar-refractivity contribution in [1.82, 2.24) is 9.97 Å². The summed E-state index contributed by atoms with van der Waals surface area (Å²) in [4.78, 5) is 7.97. The van der Waals surface area contributed by atoms with Crippen molar-refractivity contribution in [3.05, 3.63) is 6.07 Å². The van der Waals surface area contributed by atoms with Gasteiger partial charge in [-0.1, -0.05) is 0 Å². The van der Waals surface area contributed by atoms with Gasteiger partial charge in [-0.15, -0.1) is 0 Å². The molecule has 1 fully saturated rings. The van der Waals surface area contributed by atoms with Crippen molar-refractivity contribution in [1.29, 1.82) is 0 Å². The second-order valence-corrected chi connectivity index (χ2v) is 6.66. The summed E-state index contributed by atoms with van der Waals surface area (Å²) in [5, 5.41) is 5.54. The van der Waals surface area contributed by atoms with Crippen LogP contribution in [0.5, 0.6) is 0 Å². The number of sulfone groups is 1. The first-order valence-corrected chi connectivity index (χ1v) is 7.50. The largest absolute Gasteiger partial charge is 0.373 e. The number of nitrogens with two attached hydrogens (primary N) is 1. The molecule has 8 heteroatoms.